The number of allylic oxidation sites excluding steroid dienone is 4. The van der Waals surface area contributed by atoms with Gasteiger partial charge in [0.25, 0.3) is 0 Å². The molecule has 2 heteroatoms. The number of rotatable bonds is 21. The van der Waals surface area contributed by atoms with Crippen molar-refractivity contribution in [3.05, 3.63) is 24.3 Å². The molecule has 158 valence electrons. The van der Waals surface area contributed by atoms with E-state index < -0.39 is 5.97 Å². The first-order valence-corrected chi connectivity index (χ1v) is 11.8. The van der Waals surface area contributed by atoms with Crippen molar-refractivity contribution in [3.8, 4) is 0 Å². The smallest absolute Gasteiger partial charge is 0.303 e. The molecule has 0 bridgehead atoms. The zero-order valence-electron chi connectivity index (χ0n) is 18.1. The summed E-state index contributed by atoms with van der Waals surface area (Å²) in [5, 5.41) is 8.57. The first kappa shape index (κ1) is 26.0. The van der Waals surface area contributed by atoms with Crippen molar-refractivity contribution in [2.24, 2.45) is 0 Å². The van der Waals surface area contributed by atoms with Gasteiger partial charge in [0.15, 0.2) is 0 Å². The maximum atomic E-state index is 10.4. The third kappa shape index (κ3) is 24.9. The molecule has 0 aliphatic rings. The Morgan fingerprint density at radius 1 is 0.593 bits per heavy atom. The summed E-state index contributed by atoms with van der Waals surface area (Å²) in [5.41, 5.74) is 0. The summed E-state index contributed by atoms with van der Waals surface area (Å²) in [6.45, 7) is 2.28. The highest BCUT2D eigenvalue weighted by atomic mass is 16.4. The second kappa shape index (κ2) is 23.0. The van der Waals surface area contributed by atoms with Gasteiger partial charge in [-0.25, -0.2) is 0 Å². The number of carboxylic acid groups (broad SMARTS) is 1. The molecule has 0 fully saturated rings. The standard InChI is InChI=1S/C25H46O2/c1-2-3-4-5-6-7-8-9-10-11-12-13-14-15-16-17-18-19-20-21-22-23-24-25(26)27/h13-16H,2-12,17-24H2,1H3,(H,26,27)/b14-13+,16-15+. The molecule has 0 saturated carbocycles. The second-order valence-corrected chi connectivity index (χ2v) is 7.88. The third-order valence-electron chi connectivity index (χ3n) is 5.12. The summed E-state index contributed by atoms with van der Waals surface area (Å²) in [6.07, 6.45) is 32.6. The van der Waals surface area contributed by atoms with Crippen molar-refractivity contribution in [2.45, 2.75) is 129 Å². The van der Waals surface area contributed by atoms with Crippen LogP contribution in [0.15, 0.2) is 24.3 Å². The number of hydrogen-bond donors (Lipinski definition) is 1. The van der Waals surface area contributed by atoms with Crippen LogP contribution in [-0.4, -0.2) is 11.1 Å². The van der Waals surface area contributed by atoms with Crippen LogP contribution in [0.5, 0.6) is 0 Å². The Labute approximate surface area is 169 Å². The van der Waals surface area contributed by atoms with Crippen molar-refractivity contribution >= 4 is 5.97 Å². The lowest BCUT2D eigenvalue weighted by molar-refractivity contribution is -0.137. The van der Waals surface area contributed by atoms with Gasteiger partial charge in [0.05, 0.1) is 0 Å². The van der Waals surface area contributed by atoms with Gasteiger partial charge in [-0.05, 0) is 32.1 Å². The highest BCUT2D eigenvalue weighted by Crippen LogP contribution is 2.11. The zero-order chi connectivity index (χ0) is 19.8. The molecule has 0 saturated heterocycles. The van der Waals surface area contributed by atoms with Gasteiger partial charge < -0.3 is 5.11 Å². The summed E-state index contributed by atoms with van der Waals surface area (Å²) < 4.78 is 0. The summed E-state index contributed by atoms with van der Waals surface area (Å²) in [5.74, 6) is -0.665. The molecule has 0 radical (unpaired) electrons. The first-order valence-electron chi connectivity index (χ1n) is 11.8. The van der Waals surface area contributed by atoms with Crippen LogP contribution in [0, 0.1) is 0 Å². The lowest BCUT2D eigenvalue weighted by Gasteiger charge is -2.01. The van der Waals surface area contributed by atoms with Crippen LogP contribution >= 0.6 is 0 Å². The van der Waals surface area contributed by atoms with E-state index in [4.69, 9.17) is 5.11 Å². The topological polar surface area (TPSA) is 37.3 Å². The Kier molecular flexibility index (Phi) is 22.1. The summed E-state index contributed by atoms with van der Waals surface area (Å²) in [6, 6.07) is 0. The van der Waals surface area contributed by atoms with E-state index in [-0.39, 0.29) is 0 Å². The normalized spacial score (nSPS) is 11.7. The summed E-state index contributed by atoms with van der Waals surface area (Å²) in [7, 11) is 0. The second-order valence-electron chi connectivity index (χ2n) is 7.88. The van der Waals surface area contributed by atoms with Crippen LogP contribution in [0.4, 0.5) is 0 Å². The number of carbonyl (C=O) groups is 1. The van der Waals surface area contributed by atoms with Gasteiger partial charge in [-0.2, -0.15) is 0 Å². The molecule has 1 N–H and O–H groups in total. The van der Waals surface area contributed by atoms with E-state index >= 15 is 0 Å². The van der Waals surface area contributed by atoms with Crippen LogP contribution < -0.4 is 0 Å². The van der Waals surface area contributed by atoms with Gasteiger partial charge in [0, 0.05) is 6.42 Å². The van der Waals surface area contributed by atoms with Gasteiger partial charge in [-0.1, -0.05) is 115 Å². The molecule has 0 aliphatic carbocycles. The Balaban J connectivity index is 3.18. The fourth-order valence-corrected chi connectivity index (χ4v) is 3.34. The number of carboxylic acids is 1. The molecular formula is C25H46O2. The number of unbranched alkanes of at least 4 members (excludes halogenated alkanes) is 16. The molecule has 0 amide bonds. The largest absolute Gasteiger partial charge is 0.481 e. The predicted molar refractivity (Wildman–Crippen MR) is 119 cm³/mol. The van der Waals surface area contributed by atoms with Crippen LogP contribution in [-0.2, 0) is 4.79 Å². The van der Waals surface area contributed by atoms with Crippen molar-refractivity contribution in [2.75, 3.05) is 0 Å². The minimum Gasteiger partial charge on any atom is -0.481 e. The van der Waals surface area contributed by atoms with Gasteiger partial charge in [-0.3, -0.25) is 4.79 Å². The SMILES string of the molecule is CCCCCCCCCCCC/C=C/C=C/CCCCCCCCC(=O)O. The predicted octanol–water partition coefficient (Wildman–Crippen LogP) is 8.62. The van der Waals surface area contributed by atoms with Gasteiger partial charge >= 0.3 is 5.97 Å². The van der Waals surface area contributed by atoms with E-state index in [0.29, 0.717) is 6.42 Å². The lowest BCUT2D eigenvalue weighted by atomic mass is 10.1. The molecule has 27 heavy (non-hydrogen) atoms. The van der Waals surface area contributed by atoms with Gasteiger partial charge in [-0.15, -0.1) is 0 Å². The summed E-state index contributed by atoms with van der Waals surface area (Å²) in [4.78, 5) is 10.4. The van der Waals surface area contributed by atoms with E-state index in [1.54, 1.807) is 0 Å². The average molecular weight is 379 g/mol. The Morgan fingerprint density at radius 2 is 0.963 bits per heavy atom. The molecule has 0 rings (SSSR count). The zero-order valence-corrected chi connectivity index (χ0v) is 18.1. The van der Waals surface area contributed by atoms with Crippen LogP contribution in [0.2, 0.25) is 0 Å². The van der Waals surface area contributed by atoms with E-state index in [9.17, 15) is 4.79 Å². The third-order valence-corrected chi connectivity index (χ3v) is 5.12. The van der Waals surface area contributed by atoms with E-state index in [1.165, 1.54) is 96.3 Å². The molecule has 0 aromatic rings. The quantitative estimate of drug-likeness (QED) is 0.160. The van der Waals surface area contributed by atoms with Crippen molar-refractivity contribution in [1.29, 1.82) is 0 Å². The molecular weight excluding hydrogens is 332 g/mol. The lowest BCUT2D eigenvalue weighted by Crippen LogP contribution is -1.93. The monoisotopic (exact) mass is 378 g/mol. The minimum atomic E-state index is -0.665. The van der Waals surface area contributed by atoms with E-state index in [1.807, 2.05) is 0 Å². The molecule has 2 nitrogen and oxygen atoms in total. The maximum absolute atomic E-state index is 10.4. The molecule has 0 atom stereocenters. The Hall–Kier alpha value is -1.05. The van der Waals surface area contributed by atoms with Crippen LogP contribution in [0.3, 0.4) is 0 Å². The van der Waals surface area contributed by atoms with Crippen LogP contribution in [0.25, 0.3) is 0 Å². The Bertz CT molecular complexity index is 357. The maximum Gasteiger partial charge on any atom is 0.303 e. The molecule has 0 spiro atoms. The van der Waals surface area contributed by atoms with Gasteiger partial charge in [0.1, 0.15) is 0 Å². The minimum absolute atomic E-state index is 0.328. The number of hydrogen-bond acceptors (Lipinski definition) is 1. The molecule has 0 aromatic carbocycles. The number of aliphatic carboxylic acids is 1. The first-order chi connectivity index (χ1) is 13.3. The van der Waals surface area contributed by atoms with Crippen molar-refractivity contribution < 1.29 is 9.90 Å². The van der Waals surface area contributed by atoms with Crippen molar-refractivity contribution in [1.82, 2.24) is 0 Å². The van der Waals surface area contributed by atoms with E-state index in [2.05, 4.69) is 31.2 Å². The van der Waals surface area contributed by atoms with Crippen LogP contribution in [0.1, 0.15) is 129 Å². The van der Waals surface area contributed by atoms with E-state index in [0.717, 1.165) is 19.3 Å². The highest BCUT2D eigenvalue weighted by molar-refractivity contribution is 5.66. The Morgan fingerprint density at radius 3 is 1.37 bits per heavy atom. The fraction of sp³-hybridized carbons (Fsp3) is 0.800. The fourth-order valence-electron chi connectivity index (χ4n) is 3.34. The van der Waals surface area contributed by atoms with Crippen molar-refractivity contribution in [3.63, 3.8) is 0 Å². The summed E-state index contributed by atoms with van der Waals surface area (Å²) >= 11 is 0. The molecule has 0 aliphatic heterocycles. The molecule has 0 unspecified atom stereocenters. The molecule has 0 aromatic heterocycles. The van der Waals surface area contributed by atoms with Gasteiger partial charge in [0.2, 0.25) is 0 Å². The molecule has 0 heterocycles. The highest BCUT2D eigenvalue weighted by Gasteiger charge is 1.96. The average Bonchev–Trinajstić information content (AvgIpc) is 2.65.